The summed E-state index contributed by atoms with van der Waals surface area (Å²) in [6, 6.07) is 4.80. The second-order valence-electron chi connectivity index (χ2n) is 4.73. The minimum Gasteiger partial charge on any atom is -0.497 e. The van der Waals surface area contributed by atoms with E-state index in [0.717, 1.165) is 17.3 Å². The van der Waals surface area contributed by atoms with Crippen LogP contribution in [0.5, 0.6) is 11.5 Å². The van der Waals surface area contributed by atoms with E-state index in [4.69, 9.17) is 9.47 Å². The first-order valence-electron chi connectivity index (χ1n) is 7.42. The molecule has 134 valence electrons. The minimum atomic E-state index is -0.522. The average molecular weight is 365 g/mol. The van der Waals surface area contributed by atoms with Gasteiger partial charge in [-0.3, -0.25) is 15.2 Å². The minimum absolute atomic E-state index is 0.0220. The zero-order chi connectivity index (χ0) is 18.2. The number of carbonyl (C=O) groups excluding carboxylic acids is 2. The molecule has 2 rings (SSSR count). The summed E-state index contributed by atoms with van der Waals surface area (Å²) in [5.74, 6) is 1.35. The third-order valence-electron chi connectivity index (χ3n) is 3.05. The Bertz CT molecular complexity index is 749. The molecule has 1 aromatic heterocycles. The Morgan fingerprint density at radius 1 is 1.28 bits per heavy atom. The van der Waals surface area contributed by atoms with Crippen LogP contribution in [-0.4, -0.2) is 53.6 Å². The fourth-order valence-electron chi connectivity index (χ4n) is 1.92. The van der Waals surface area contributed by atoms with Gasteiger partial charge in [0.1, 0.15) is 11.5 Å². The number of aromatic nitrogens is 3. The molecular formula is C15H19N5O4S. The summed E-state index contributed by atoms with van der Waals surface area (Å²) in [6.07, 6.45) is 0. The number of hydrogen-bond acceptors (Lipinski definition) is 7. The molecule has 2 aromatic rings. The number of H-pyrrole nitrogens is 1. The number of aromatic amines is 1. The molecule has 0 aliphatic rings. The summed E-state index contributed by atoms with van der Waals surface area (Å²) < 4.78 is 10.5. The van der Waals surface area contributed by atoms with Crippen LogP contribution in [0.25, 0.3) is 11.4 Å². The van der Waals surface area contributed by atoms with Crippen LogP contribution in [0.15, 0.2) is 23.4 Å². The van der Waals surface area contributed by atoms with Crippen molar-refractivity contribution in [2.24, 2.45) is 0 Å². The summed E-state index contributed by atoms with van der Waals surface area (Å²) in [5.41, 5.74) is 0.717. The van der Waals surface area contributed by atoms with Gasteiger partial charge >= 0.3 is 6.03 Å². The Labute approximate surface area is 148 Å². The molecule has 3 N–H and O–H groups in total. The lowest BCUT2D eigenvalue weighted by Gasteiger charge is -2.07. The summed E-state index contributed by atoms with van der Waals surface area (Å²) >= 11 is 1.11. The van der Waals surface area contributed by atoms with Gasteiger partial charge in [0, 0.05) is 12.6 Å². The number of nitrogens with one attached hydrogen (secondary N) is 3. The summed E-state index contributed by atoms with van der Waals surface area (Å²) in [5, 5.41) is 11.9. The van der Waals surface area contributed by atoms with Gasteiger partial charge in [-0.1, -0.05) is 11.8 Å². The largest absolute Gasteiger partial charge is 0.497 e. The van der Waals surface area contributed by atoms with E-state index in [0.29, 0.717) is 29.0 Å². The summed E-state index contributed by atoms with van der Waals surface area (Å²) in [4.78, 5) is 27.2. The molecule has 0 aliphatic heterocycles. The van der Waals surface area contributed by atoms with E-state index in [1.54, 1.807) is 39.3 Å². The van der Waals surface area contributed by atoms with Crippen molar-refractivity contribution in [1.82, 2.24) is 25.8 Å². The van der Waals surface area contributed by atoms with E-state index in [1.165, 1.54) is 0 Å². The van der Waals surface area contributed by atoms with Crippen molar-refractivity contribution < 1.29 is 19.1 Å². The van der Waals surface area contributed by atoms with Gasteiger partial charge in [-0.15, -0.1) is 5.10 Å². The Kier molecular flexibility index (Phi) is 6.63. The first-order chi connectivity index (χ1) is 12.1. The van der Waals surface area contributed by atoms with Crippen molar-refractivity contribution >= 4 is 23.7 Å². The zero-order valence-electron chi connectivity index (χ0n) is 14.1. The molecule has 1 aromatic carbocycles. The number of thioether (sulfide) groups is 1. The van der Waals surface area contributed by atoms with Crippen molar-refractivity contribution in [3.8, 4) is 22.9 Å². The van der Waals surface area contributed by atoms with Crippen molar-refractivity contribution in [2.45, 2.75) is 12.1 Å². The lowest BCUT2D eigenvalue weighted by Crippen LogP contribution is -2.40. The number of amides is 3. The number of ether oxygens (including phenoxy) is 2. The number of rotatable bonds is 7. The Morgan fingerprint density at radius 2 is 2.08 bits per heavy atom. The number of urea groups is 1. The quantitative estimate of drug-likeness (QED) is 0.635. The number of carbonyl (C=O) groups is 2. The third kappa shape index (κ3) is 5.11. The van der Waals surface area contributed by atoms with Crippen LogP contribution in [0.3, 0.4) is 0 Å². The van der Waals surface area contributed by atoms with E-state index in [2.05, 4.69) is 25.8 Å². The Hall–Kier alpha value is -2.75. The topological polar surface area (TPSA) is 118 Å². The van der Waals surface area contributed by atoms with Crippen LogP contribution in [0.2, 0.25) is 0 Å². The van der Waals surface area contributed by atoms with E-state index in [-0.39, 0.29) is 5.75 Å². The summed E-state index contributed by atoms with van der Waals surface area (Å²) in [6.45, 7) is 2.21. The second kappa shape index (κ2) is 8.92. The molecule has 0 fully saturated rings. The van der Waals surface area contributed by atoms with Gasteiger partial charge in [0.05, 0.1) is 25.5 Å². The monoisotopic (exact) mass is 365 g/mol. The van der Waals surface area contributed by atoms with Crippen molar-refractivity contribution in [1.29, 1.82) is 0 Å². The molecule has 1 heterocycles. The van der Waals surface area contributed by atoms with E-state index in [9.17, 15) is 9.59 Å². The van der Waals surface area contributed by atoms with Crippen LogP contribution < -0.4 is 20.1 Å². The molecule has 0 unspecified atom stereocenters. The molecule has 0 aliphatic carbocycles. The SMILES string of the molecule is CCNC(=O)NC(=O)CSc1n[nH]c(-c2ccc(OC)cc2OC)n1. The maximum atomic E-state index is 11.7. The molecule has 3 amide bonds. The number of hydrogen-bond donors (Lipinski definition) is 3. The highest BCUT2D eigenvalue weighted by molar-refractivity contribution is 7.99. The molecule has 0 saturated carbocycles. The lowest BCUT2D eigenvalue weighted by molar-refractivity contribution is -0.117. The van der Waals surface area contributed by atoms with Crippen LogP contribution in [-0.2, 0) is 4.79 Å². The molecule has 10 heteroatoms. The first kappa shape index (κ1) is 18.6. The van der Waals surface area contributed by atoms with E-state index in [1.807, 2.05) is 0 Å². The zero-order valence-corrected chi connectivity index (χ0v) is 14.9. The van der Waals surface area contributed by atoms with Gasteiger partial charge in [-0.25, -0.2) is 9.78 Å². The lowest BCUT2D eigenvalue weighted by atomic mass is 10.2. The normalized spacial score (nSPS) is 10.2. The van der Waals surface area contributed by atoms with Crippen molar-refractivity contribution in [2.75, 3.05) is 26.5 Å². The number of nitrogens with zero attached hydrogens (tertiary/aromatic N) is 2. The molecule has 9 nitrogen and oxygen atoms in total. The van der Waals surface area contributed by atoms with Crippen LogP contribution in [0.1, 0.15) is 6.92 Å². The van der Waals surface area contributed by atoms with Gasteiger partial charge in [0.15, 0.2) is 5.82 Å². The van der Waals surface area contributed by atoms with Crippen LogP contribution >= 0.6 is 11.8 Å². The van der Waals surface area contributed by atoms with Crippen molar-refractivity contribution in [3.63, 3.8) is 0 Å². The number of benzene rings is 1. The summed E-state index contributed by atoms with van der Waals surface area (Å²) in [7, 11) is 3.12. The highest BCUT2D eigenvalue weighted by Crippen LogP contribution is 2.31. The predicted molar refractivity (Wildman–Crippen MR) is 92.9 cm³/mol. The van der Waals surface area contributed by atoms with Crippen molar-refractivity contribution in [3.05, 3.63) is 18.2 Å². The second-order valence-corrected chi connectivity index (χ2v) is 5.67. The van der Waals surface area contributed by atoms with Gasteiger partial charge in [0.25, 0.3) is 0 Å². The predicted octanol–water partition coefficient (Wildman–Crippen LogP) is 1.43. The maximum absolute atomic E-state index is 11.7. The fourth-order valence-corrected chi connectivity index (χ4v) is 2.52. The molecular weight excluding hydrogens is 346 g/mol. The molecule has 0 radical (unpaired) electrons. The molecule has 25 heavy (non-hydrogen) atoms. The Morgan fingerprint density at radius 3 is 2.76 bits per heavy atom. The fraction of sp³-hybridized carbons (Fsp3) is 0.333. The number of methoxy groups -OCH3 is 2. The highest BCUT2D eigenvalue weighted by atomic mass is 32.2. The van der Waals surface area contributed by atoms with Gasteiger partial charge in [-0.05, 0) is 19.1 Å². The van der Waals surface area contributed by atoms with Gasteiger partial charge in [-0.2, -0.15) is 0 Å². The maximum Gasteiger partial charge on any atom is 0.321 e. The number of imide groups is 1. The smallest absolute Gasteiger partial charge is 0.321 e. The molecule has 0 spiro atoms. The first-order valence-corrected chi connectivity index (χ1v) is 8.41. The van der Waals surface area contributed by atoms with E-state index < -0.39 is 11.9 Å². The standard InChI is InChI=1S/C15H19N5O4S/c1-4-16-14(22)17-12(21)8-25-15-18-13(19-20-15)10-6-5-9(23-2)7-11(10)24-3/h5-7H,4,8H2,1-3H3,(H,18,19,20)(H2,16,17,21,22). The molecule has 0 atom stereocenters. The van der Waals surface area contributed by atoms with Crippen LogP contribution in [0, 0.1) is 0 Å². The third-order valence-corrected chi connectivity index (χ3v) is 3.90. The average Bonchev–Trinajstić information content (AvgIpc) is 3.08. The van der Waals surface area contributed by atoms with Crippen LogP contribution in [0.4, 0.5) is 4.79 Å². The molecule has 0 bridgehead atoms. The van der Waals surface area contributed by atoms with Gasteiger partial charge < -0.3 is 14.8 Å². The molecule has 0 saturated heterocycles. The Balaban J connectivity index is 2.01. The van der Waals surface area contributed by atoms with Gasteiger partial charge in [0.2, 0.25) is 11.1 Å². The van der Waals surface area contributed by atoms with E-state index >= 15 is 0 Å². The highest BCUT2D eigenvalue weighted by Gasteiger charge is 2.14.